The molecular weight excluding hydrogens is 306 g/mol. The molecular formula is C18H21N3O3. The number of aryl methyl sites for hydroxylation is 1. The van der Waals surface area contributed by atoms with Gasteiger partial charge < -0.3 is 14.4 Å². The van der Waals surface area contributed by atoms with Gasteiger partial charge in [-0.25, -0.2) is 0 Å². The molecule has 0 N–H and O–H groups in total. The van der Waals surface area contributed by atoms with Crippen LogP contribution in [0.15, 0.2) is 30.5 Å². The van der Waals surface area contributed by atoms with Crippen molar-refractivity contribution in [3.05, 3.63) is 41.7 Å². The lowest BCUT2D eigenvalue weighted by Gasteiger charge is -2.25. The van der Waals surface area contributed by atoms with E-state index in [4.69, 9.17) is 9.47 Å². The molecule has 1 atom stereocenters. The van der Waals surface area contributed by atoms with Gasteiger partial charge in [0, 0.05) is 26.2 Å². The summed E-state index contributed by atoms with van der Waals surface area (Å²) < 4.78 is 13.1. The first-order valence-corrected chi connectivity index (χ1v) is 8.42. The van der Waals surface area contributed by atoms with Crippen LogP contribution < -0.4 is 9.47 Å². The number of rotatable bonds is 2. The molecule has 6 heteroatoms. The Hall–Kier alpha value is -2.50. The van der Waals surface area contributed by atoms with E-state index in [1.165, 1.54) is 0 Å². The maximum absolute atomic E-state index is 12.9. The summed E-state index contributed by atoms with van der Waals surface area (Å²) in [5, 5.41) is 4.11. The highest BCUT2D eigenvalue weighted by atomic mass is 16.5. The average Bonchev–Trinajstić information content (AvgIpc) is 3.18. The van der Waals surface area contributed by atoms with Gasteiger partial charge >= 0.3 is 0 Å². The van der Waals surface area contributed by atoms with Crippen LogP contribution in [0.25, 0.3) is 0 Å². The second-order valence-corrected chi connectivity index (χ2v) is 6.25. The standard InChI is InChI=1S/C18H21N3O3/c1-20-15(7-8-19-20)18(22)21-9-2-4-14(21)13-5-6-16-17(12-13)24-11-3-10-23-16/h5-8,12,14H,2-4,9-11H2,1H3/t14-/m1/s1. The third-order valence-electron chi connectivity index (χ3n) is 4.71. The van der Waals surface area contributed by atoms with Crippen LogP contribution in [0.4, 0.5) is 0 Å². The molecule has 0 radical (unpaired) electrons. The van der Waals surface area contributed by atoms with E-state index in [1.54, 1.807) is 24.0 Å². The summed E-state index contributed by atoms with van der Waals surface area (Å²) in [6.07, 6.45) is 4.51. The van der Waals surface area contributed by atoms with Crippen molar-refractivity contribution in [2.45, 2.75) is 25.3 Å². The maximum atomic E-state index is 12.9. The van der Waals surface area contributed by atoms with E-state index in [0.29, 0.717) is 18.9 Å². The number of likely N-dealkylation sites (tertiary alicyclic amines) is 1. The van der Waals surface area contributed by atoms with Crippen molar-refractivity contribution in [1.82, 2.24) is 14.7 Å². The summed E-state index contributed by atoms with van der Waals surface area (Å²) in [6, 6.07) is 7.88. The second kappa shape index (κ2) is 6.19. The van der Waals surface area contributed by atoms with Gasteiger partial charge in [0.1, 0.15) is 5.69 Å². The van der Waals surface area contributed by atoms with Gasteiger partial charge in [-0.1, -0.05) is 6.07 Å². The number of ether oxygens (including phenoxy) is 2. The molecule has 0 bridgehead atoms. The molecule has 0 spiro atoms. The van der Waals surface area contributed by atoms with E-state index in [1.807, 2.05) is 23.1 Å². The number of amides is 1. The maximum Gasteiger partial charge on any atom is 0.272 e. The van der Waals surface area contributed by atoms with Gasteiger partial charge in [-0.05, 0) is 36.6 Å². The van der Waals surface area contributed by atoms with E-state index in [0.717, 1.165) is 42.9 Å². The molecule has 126 valence electrons. The minimum atomic E-state index is 0.0320. The van der Waals surface area contributed by atoms with Crippen molar-refractivity contribution in [2.75, 3.05) is 19.8 Å². The summed E-state index contributed by atoms with van der Waals surface area (Å²) in [5.41, 5.74) is 1.73. The zero-order valence-electron chi connectivity index (χ0n) is 13.8. The third-order valence-corrected chi connectivity index (χ3v) is 4.71. The lowest BCUT2D eigenvalue weighted by molar-refractivity contribution is 0.0724. The van der Waals surface area contributed by atoms with Crippen molar-refractivity contribution in [3.63, 3.8) is 0 Å². The minimum Gasteiger partial charge on any atom is -0.490 e. The molecule has 0 aliphatic carbocycles. The molecule has 2 aliphatic heterocycles. The molecule has 2 aliphatic rings. The Kier molecular flexibility index (Phi) is 3.88. The zero-order chi connectivity index (χ0) is 16.5. The fraction of sp³-hybridized carbons (Fsp3) is 0.444. The van der Waals surface area contributed by atoms with Gasteiger partial charge in [0.05, 0.1) is 19.3 Å². The molecule has 1 aromatic carbocycles. The number of aromatic nitrogens is 2. The number of nitrogens with zero attached hydrogens (tertiary/aromatic N) is 3. The van der Waals surface area contributed by atoms with Crippen LogP contribution in [0.1, 0.15) is 41.4 Å². The van der Waals surface area contributed by atoms with E-state index >= 15 is 0 Å². The molecule has 1 amide bonds. The Balaban J connectivity index is 1.62. The molecule has 6 nitrogen and oxygen atoms in total. The number of fused-ring (bicyclic) bond motifs is 1. The molecule has 0 saturated carbocycles. The van der Waals surface area contributed by atoms with Crippen molar-refractivity contribution in [3.8, 4) is 11.5 Å². The fourth-order valence-electron chi connectivity index (χ4n) is 3.47. The molecule has 4 rings (SSSR count). The van der Waals surface area contributed by atoms with Gasteiger partial charge in [0.25, 0.3) is 5.91 Å². The topological polar surface area (TPSA) is 56.6 Å². The highest BCUT2D eigenvalue weighted by molar-refractivity contribution is 5.93. The predicted molar refractivity (Wildman–Crippen MR) is 88.3 cm³/mol. The number of hydrogen-bond acceptors (Lipinski definition) is 4. The summed E-state index contributed by atoms with van der Waals surface area (Å²) in [6.45, 7) is 2.11. The van der Waals surface area contributed by atoms with E-state index in [2.05, 4.69) is 5.10 Å². The molecule has 3 heterocycles. The van der Waals surface area contributed by atoms with Crippen LogP contribution in [0.5, 0.6) is 11.5 Å². The minimum absolute atomic E-state index is 0.0320. The Bertz CT molecular complexity index is 756. The predicted octanol–water partition coefficient (Wildman–Crippen LogP) is 2.56. The Morgan fingerprint density at radius 1 is 1.17 bits per heavy atom. The van der Waals surface area contributed by atoms with Crippen LogP contribution in [-0.2, 0) is 7.05 Å². The second-order valence-electron chi connectivity index (χ2n) is 6.25. The molecule has 2 aromatic rings. The van der Waals surface area contributed by atoms with Crippen molar-refractivity contribution in [2.24, 2.45) is 7.05 Å². The normalized spacial score (nSPS) is 20.0. The van der Waals surface area contributed by atoms with E-state index in [9.17, 15) is 4.79 Å². The van der Waals surface area contributed by atoms with Crippen LogP contribution in [0.2, 0.25) is 0 Å². The monoisotopic (exact) mass is 327 g/mol. The summed E-state index contributed by atoms with van der Waals surface area (Å²) >= 11 is 0. The number of benzene rings is 1. The van der Waals surface area contributed by atoms with E-state index in [-0.39, 0.29) is 11.9 Å². The smallest absolute Gasteiger partial charge is 0.272 e. The summed E-state index contributed by atoms with van der Waals surface area (Å²) in [4.78, 5) is 14.8. The SMILES string of the molecule is Cn1nccc1C(=O)N1CCC[C@@H]1c1ccc2c(c1)OCCCO2. The number of carbonyl (C=O) groups is 1. The first-order valence-electron chi connectivity index (χ1n) is 8.42. The molecule has 1 saturated heterocycles. The van der Waals surface area contributed by atoms with Crippen LogP contribution in [-0.4, -0.2) is 40.3 Å². The largest absolute Gasteiger partial charge is 0.490 e. The molecule has 1 aromatic heterocycles. The summed E-state index contributed by atoms with van der Waals surface area (Å²) in [7, 11) is 1.80. The van der Waals surface area contributed by atoms with Gasteiger partial charge in [-0.3, -0.25) is 9.48 Å². The fourth-order valence-corrected chi connectivity index (χ4v) is 3.47. The van der Waals surface area contributed by atoms with Gasteiger partial charge in [0.2, 0.25) is 0 Å². The van der Waals surface area contributed by atoms with Crippen LogP contribution in [0.3, 0.4) is 0 Å². The Labute approximate surface area is 141 Å². The molecule has 1 fully saturated rings. The first kappa shape index (κ1) is 15.1. The lowest BCUT2D eigenvalue weighted by atomic mass is 10.0. The zero-order valence-corrected chi connectivity index (χ0v) is 13.8. The molecule has 0 unspecified atom stereocenters. The Morgan fingerprint density at radius 3 is 2.79 bits per heavy atom. The van der Waals surface area contributed by atoms with Crippen molar-refractivity contribution < 1.29 is 14.3 Å². The quantitative estimate of drug-likeness (QED) is 0.851. The average molecular weight is 327 g/mol. The first-order chi connectivity index (χ1) is 11.7. The van der Waals surface area contributed by atoms with Crippen LogP contribution >= 0.6 is 0 Å². The number of hydrogen-bond donors (Lipinski definition) is 0. The van der Waals surface area contributed by atoms with Crippen LogP contribution in [0, 0.1) is 0 Å². The van der Waals surface area contributed by atoms with E-state index < -0.39 is 0 Å². The highest BCUT2D eigenvalue weighted by Gasteiger charge is 2.32. The van der Waals surface area contributed by atoms with Gasteiger partial charge in [-0.15, -0.1) is 0 Å². The van der Waals surface area contributed by atoms with Crippen molar-refractivity contribution >= 4 is 5.91 Å². The third kappa shape index (κ3) is 2.62. The summed E-state index contributed by atoms with van der Waals surface area (Å²) in [5.74, 6) is 1.60. The van der Waals surface area contributed by atoms with Gasteiger partial charge in [-0.2, -0.15) is 5.10 Å². The van der Waals surface area contributed by atoms with Crippen molar-refractivity contribution in [1.29, 1.82) is 0 Å². The highest BCUT2D eigenvalue weighted by Crippen LogP contribution is 2.38. The van der Waals surface area contributed by atoms with Gasteiger partial charge in [0.15, 0.2) is 11.5 Å². The molecule has 24 heavy (non-hydrogen) atoms. The number of carbonyl (C=O) groups excluding carboxylic acids is 1. The Morgan fingerprint density at radius 2 is 2.00 bits per heavy atom. The lowest BCUT2D eigenvalue weighted by Crippen LogP contribution is -2.32.